The maximum Gasteiger partial charge on any atom is 0.303 e. The van der Waals surface area contributed by atoms with Crippen molar-refractivity contribution >= 4 is 5.97 Å². The van der Waals surface area contributed by atoms with Gasteiger partial charge in [-0.25, -0.2) is 0 Å². The summed E-state index contributed by atoms with van der Waals surface area (Å²) in [6.45, 7) is 3.74. The third-order valence-electron chi connectivity index (χ3n) is 5.85. The van der Waals surface area contributed by atoms with Gasteiger partial charge in [-0.05, 0) is 75.3 Å². The highest BCUT2D eigenvalue weighted by Crippen LogP contribution is 2.48. The van der Waals surface area contributed by atoms with E-state index in [9.17, 15) is 4.79 Å². The molecule has 2 aliphatic carbocycles. The molecule has 3 unspecified atom stereocenters. The molecule has 1 N–H and O–H groups in total. The van der Waals surface area contributed by atoms with Crippen molar-refractivity contribution in [2.24, 2.45) is 23.7 Å². The minimum Gasteiger partial charge on any atom is -0.481 e. The zero-order valence-corrected chi connectivity index (χ0v) is 11.9. The average molecular weight is 265 g/mol. The first kappa shape index (κ1) is 13.4. The summed E-state index contributed by atoms with van der Waals surface area (Å²) in [5.41, 5.74) is 0. The third-order valence-corrected chi connectivity index (χ3v) is 5.85. The molecule has 0 radical (unpaired) electrons. The molecule has 3 atom stereocenters. The van der Waals surface area contributed by atoms with Crippen LogP contribution in [0.25, 0.3) is 0 Å². The highest BCUT2D eigenvalue weighted by Gasteiger charge is 2.40. The normalized spacial score (nSPS) is 35.9. The number of nitrogens with zero attached hydrogens (tertiary/aromatic N) is 1. The predicted molar refractivity (Wildman–Crippen MR) is 75.0 cm³/mol. The van der Waals surface area contributed by atoms with Crippen molar-refractivity contribution in [1.29, 1.82) is 0 Å². The average Bonchev–Trinajstić information content (AvgIpc) is 3.00. The first-order valence-electron chi connectivity index (χ1n) is 8.15. The molecule has 0 aromatic rings. The van der Waals surface area contributed by atoms with Crippen LogP contribution in [-0.4, -0.2) is 35.6 Å². The van der Waals surface area contributed by atoms with Gasteiger partial charge in [0.05, 0.1) is 0 Å². The summed E-state index contributed by atoms with van der Waals surface area (Å²) in [6.07, 6.45) is 9.67. The van der Waals surface area contributed by atoms with Crippen molar-refractivity contribution in [2.45, 2.75) is 51.4 Å². The lowest BCUT2D eigenvalue weighted by Crippen LogP contribution is -2.38. The first-order valence-corrected chi connectivity index (χ1v) is 8.15. The lowest BCUT2D eigenvalue weighted by Gasteiger charge is -2.35. The van der Waals surface area contributed by atoms with Crippen molar-refractivity contribution in [3.8, 4) is 0 Å². The third kappa shape index (κ3) is 3.31. The maximum absolute atomic E-state index is 10.6. The highest BCUT2D eigenvalue weighted by atomic mass is 16.4. The fourth-order valence-electron chi connectivity index (χ4n) is 4.72. The molecule has 3 heteroatoms. The molecule has 3 nitrogen and oxygen atoms in total. The van der Waals surface area contributed by atoms with Crippen LogP contribution >= 0.6 is 0 Å². The summed E-state index contributed by atoms with van der Waals surface area (Å²) in [5, 5.41) is 8.74. The van der Waals surface area contributed by atoms with Crippen LogP contribution in [0.4, 0.5) is 0 Å². The van der Waals surface area contributed by atoms with Gasteiger partial charge in [0, 0.05) is 13.0 Å². The van der Waals surface area contributed by atoms with E-state index in [1.807, 2.05) is 0 Å². The van der Waals surface area contributed by atoms with E-state index in [1.54, 1.807) is 0 Å². The summed E-state index contributed by atoms with van der Waals surface area (Å²) in [7, 11) is 0. The minimum atomic E-state index is -0.635. The Morgan fingerprint density at radius 3 is 2.47 bits per heavy atom. The summed E-state index contributed by atoms with van der Waals surface area (Å²) >= 11 is 0. The SMILES string of the molecule is O=C(O)CCC1CCN(CC2CC3CCC2C3)CC1. The Morgan fingerprint density at radius 2 is 1.89 bits per heavy atom. The Labute approximate surface area is 116 Å². The maximum atomic E-state index is 10.6. The predicted octanol–water partition coefficient (Wildman–Crippen LogP) is 3.00. The molecule has 3 rings (SSSR count). The van der Waals surface area contributed by atoms with Crippen molar-refractivity contribution in [3.63, 3.8) is 0 Å². The standard InChI is InChI=1S/C16H27NO2/c18-16(19)4-2-12-5-7-17(8-6-12)11-15-10-13-1-3-14(15)9-13/h12-15H,1-11H2,(H,18,19). The zero-order chi connectivity index (χ0) is 13.2. The molecule has 0 amide bonds. The van der Waals surface area contributed by atoms with Crippen molar-refractivity contribution in [3.05, 3.63) is 0 Å². The first-order chi connectivity index (χ1) is 9.20. The lowest BCUT2D eigenvalue weighted by atomic mass is 9.87. The Kier molecular flexibility index (Phi) is 4.11. The number of carbonyl (C=O) groups is 1. The van der Waals surface area contributed by atoms with Gasteiger partial charge in [0.1, 0.15) is 0 Å². The fraction of sp³-hybridized carbons (Fsp3) is 0.938. The number of carboxylic acids is 1. The molecular formula is C16H27NO2. The highest BCUT2D eigenvalue weighted by molar-refractivity contribution is 5.66. The minimum absolute atomic E-state index is 0.358. The molecule has 108 valence electrons. The van der Waals surface area contributed by atoms with Crippen LogP contribution in [0.2, 0.25) is 0 Å². The van der Waals surface area contributed by atoms with E-state index in [-0.39, 0.29) is 0 Å². The van der Waals surface area contributed by atoms with Crippen molar-refractivity contribution in [2.75, 3.05) is 19.6 Å². The van der Waals surface area contributed by atoms with E-state index < -0.39 is 5.97 Å². The summed E-state index contributed by atoms with van der Waals surface area (Å²) in [4.78, 5) is 13.3. The largest absolute Gasteiger partial charge is 0.481 e. The van der Waals surface area contributed by atoms with Crippen LogP contribution in [0.3, 0.4) is 0 Å². The number of piperidine rings is 1. The monoisotopic (exact) mass is 265 g/mol. The number of hydrogen-bond donors (Lipinski definition) is 1. The number of fused-ring (bicyclic) bond motifs is 2. The molecule has 2 saturated carbocycles. The Bertz CT molecular complexity index is 323. The van der Waals surface area contributed by atoms with Gasteiger partial charge >= 0.3 is 5.97 Å². The van der Waals surface area contributed by atoms with Gasteiger partial charge < -0.3 is 10.0 Å². The zero-order valence-electron chi connectivity index (χ0n) is 11.9. The number of carboxylic acid groups (broad SMARTS) is 1. The molecule has 1 aliphatic heterocycles. The summed E-state index contributed by atoms with van der Waals surface area (Å²) in [5.74, 6) is 3.10. The van der Waals surface area contributed by atoms with Gasteiger partial charge in [0.2, 0.25) is 0 Å². The Morgan fingerprint density at radius 1 is 1.11 bits per heavy atom. The van der Waals surface area contributed by atoms with Gasteiger partial charge in [-0.3, -0.25) is 4.79 Å². The van der Waals surface area contributed by atoms with Crippen molar-refractivity contribution in [1.82, 2.24) is 4.90 Å². The molecule has 3 aliphatic rings. The molecule has 0 aromatic carbocycles. The van der Waals surface area contributed by atoms with Crippen LogP contribution in [0.5, 0.6) is 0 Å². The van der Waals surface area contributed by atoms with Crippen LogP contribution in [-0.2, 0) is 4.79 Å². The van der Waals surface area contributed by atoms with E-state index >= 15 is 0 Å². The van der Waals surface area contributed by atoms with Gasteiger partial charge in [-0.1, -0.05) is 6.42 Å². The Hall–Kier alpha value is -0.570. The van der Waals surface area contributed by atoms with E-state index in [0.717, 1.165) is 24.2 Å². The molecular weight excluding hydrogens is 238 g/mol. The molecule has 3 fully saturated rings. The van der Waals surface area contributed by atoms with Gasteiger partial charge in [-0.2, -0.15) is 0 Å². The number of aliphatic carboxylic acids is 1. The van der Waals surface area contributed by atoms with Gasteiger partial charge in [-0.15, -0.1) is 0 Å². The molecule has 19 heavy (non-hydrogen) atoms. The summed E-state index contributed by atoms with van der Waals surface area (Å²) in [6, 6.07) is 0. The van der Waals surface area contributed by atoms with Crippen LogP contribution in [0, 0.1) is 23.7 Å². The number of rotatable bonds is 5. The van der Waals surface area contributed by atoms with Gasteiger partial charge in [0.25, 0.3) is 0 Å². The number of hydrogen-bond acceptors (Lipinski definition) is 2. The second kappa shape index (κ2) is 5.82. The van der Waals surface area contributed by atoms with E-state index in [2.05, 4.69) is 4.90 Å². The van der Waals surface area contributed by atoms with Crippen LogP contribution in [0.15, 0.2) is 0 Å². The molecule has 0 spiro atoms. The molecule has 1 saturated heterocycles. The van der Waals surface area contributed by atoms with Gasteiger partial charge in [0.15, 0.2) is 0 Å². The van der Waals surface area contributed by atoms with E-state index in [4.69, 9.17) is 5.11 Å². The number of likely N-dealkylation sites (tertiary alicyclic amines) is 1. The smallest absolute Gasteiger partial charge is 0.303 e. The molecule has 2 bridgehead atoms. The fourth-order valence-corrected chi connectivity index (χ4v) is 4.72. The quantitative estimate of drug-likeness (QED) is 0.830. The Balaban J connectivity index is 1.37. The molecule has 1 heterocycles. The van der Waals surface area contributed by atoms with Crippen molar-refractivity contribution < 1.29 is 9.90 Å². The lowest BCUT2D eigenvalue weighted by molar-refractivity contribution is -0.137. The second-order valence-corrected chi connectivity index (χ2v) is 7.11. The van der Waals surface area contributed by atoms with E-state index in [0.29, 0.717) is 12.3 Å². The van der Waals surface area contributed by atoms with Crippen LogP contribution in [0.1, 0.15) is 51.4 Å². The van der Waals surface area contributed by atoms with Crippen LogP contribution < -0.4 is 0 Å². The molecule has 0 aromatic heterocycles. The topological polar surface area (TPSA) is 40.5 Å². The second-order valence-electron chi connectivity index (χ2n) is 7.11. The summed E-state index contributed by atoms with van der Waals surface area (Å²) < 4.78 is 0. The van der Waals surface area contributed by atoms with E-state index in [1.165, 1.54) is 58.2 Å².